The van der Waals surface area contributed by atoms with Crippen molar-refractivity contribution in [1.82, 2.24) is 5.32 Å². The van der Waals surface area contributed by atoms with E-state index in [2.05, 4.69) is 5.32 Å². The average molecular weight is 248 g/mol. The third-order valence-corrected chi connectivity index (χ3v) is 3.09. The van der Waals surface area contributed by atoms with E-state index in [-0.39, 0.29) is 12.6 Å². The maximum Gasteiger partial charge on any atom is 0.0637 e. The molecule has 1 aromatic rings. The second kappa shape index (κ2) is 6.33. The molecule has 0 fully saturated rings. The van der Waals surface area contributed by atoms with Crippen LogP contribution in [0.15, 0.2) is 18.2 Å². The molecule has 0 spiro atoms. The minimum absolute atomic E-state index is 0.192. The van der Waals surface area contributed by atoms with Crippen molar-refractivity contribution < 1.29 is 5.11 Å². The molecule has 0 aliphatic heterocycles. The fraction of sp³-hybridized carbons (Fsp3) is 0.455. The number of halogens is 2. The van der Waals surface area contributed by atoms with Gasteiger partial charge in [0.05, 0.1) is 10.0 Å². The van der Waals surface area contributed by atoms with Gasteiger partial charge in [0.2, 0.25) is 0 Å². The molecule has 0 radical (unpaired) electrons. The van der Waals surface area contributed by atoms with Crippen LogP contribution < -0.4 is 5.32 Å². The summed E-state index contributed by atoms with van der Waals surface area (Å²) >= 11 is 11.9. The molecule has 0 aromatic heterocycles. The lowest BCUT2D eigenvalue weighted by atomic mass is 10.2. The van der Waals surface area contributed by atoms with Crippen molar-refractivity contribution in [2.45, 2.75) is 25.9 Å². The maximum absolute atomic E-state index is 8.75. The number of aliphatic hydroxyl groups is 1. The predicted octanol–water partition coefficient (Wildman–Crippen LogP) is 2.85. The molecule has 1 atom stereocenters. The van der Waals surface area contributed by atoms with Crippen LogP contribution in [0.3, 0.4) is 0 Å². The SMILES string of the molecule is C[C@H](CCO)NCc1cccc(Cl)c1Cl. The fourth-order valence-corrected chi connectivity index (χ4v) is 1.65. The van der Waals surface area contributed by atoms with Crippen LogP contribution >= 0.6 is 23.2 Å². The molecular formula is C11H15Cl2NO. The van der Waals surface area contributed by atoms with Gasteiger partial charge in [-0.05, 0) is 25.0 Å². The van der Waals surface area contributed by atoms with Gasteiger partial charge >= 0.3 is 0 Å². The van der Waals surface area contributed by atoms with Crippen LogP contribution in [-0.4, -0.2) is 17.8 Å². The van der Waals surface area contributed by atoms with Gasteiger partial charge in [-0.25, -0.2) is 0 Å². The molecule has 0 bridgehead atoms. The molecular weight excluding hydrogens is 233 g/mol. The van der Waals surface area contributed by atoms with Gasteiger partial charge in [-0.3, -0.25) is 0 Å². The van der Waals surface area contributed by atoms with E-state index in [9.17, 15) is 0 Å². The topological polar surface area (TPSA) is 32.3 Å². The lowest BCUT2D eigenvalue weighted by Crippen LogP contribution is -2.26. The quantitative estimate of drug-likeness (QED) is 0.839. The zero-order valence-corrected chi connectivity index (χ0v) is 10.1. The van der Waals surface area contributed by atoms with Crippen molar-refractivity contribution in [2.75, 3.05) is 6.61 Å². The number of nitrogens with one attached hydrogen (secondary N) is 1. The summed E-state index contributed by atoms with van der Waals surface area (Å²) in [6.45, 7) is 2.88. The third kappa shape index (κ3) is 3.99. The smallest absolute Gasteiger partial charge is 0.0637 e. The lowest BCUT2D eigenvalue weighted by Gasteiger charge is -2.13. The monoisotopic (exact) mass is 247 g/mol. The number of hydrogen-bond acceptors (Lipinski definition) is 2. The van der Waals surface area contributed by atoms with E-state index in [1.54, 1.807) is 6.07 Å². The molecule has 0 saturated carbocycles. The lowest BCUT2D eigenvalue weighted by molar-refractivity contribution is 0.268. The first kappa shape index (κ1) is 12.8. The van der Waals surface area contributed by atoms with E-state index < -0.39 is 0 Å². The first-order valence-electron chi connectivity index (χ1n) is 4.92. The van der Waals surface area contributed by atoms with Gasteiger partial charge in [0, 0.05) is 19.2 Å². The average Bonchev–Trinajstić information content (AvgIpc) is 2.21. The Morgan fingerprint density at radius 3 is 2.80 bits per heavy atom. The number of benzene rings is 1. The molecule has 2 N–H and O–H groups in total. The van der Waals surface area contributed by atoms with E-state index >= 15 is 0 Å². The summed E-state index contributed by atoms with van der Waals surface area (Å²) in [6.07, 6.45) is 0.734. The van der Waals surface area contributed by atoms with E-state index in [1.807, 2.05) is 19.1 Å². The zero-order valence-electron chi connectivity index (χ0n) is 8.63. The minimum Gasteiger partial charge on any atom is -0.396 e. The second-order valence-corrected chi connectivity index (χ2v) is 4.29. The highest BCUT2D eigenvalue weighted by molar-refractivity contribution is 6.42. The van der Waals surface area contributed by atoms with Crippen molar-refractivity contribution in [1.29, 1.82) is 0 Å². The summed E-state index contributed by atoms with van der Waals surface area (Å²) in [4.78, 5) is 0. The molecule has 1 aromatic carbocycles. The van der Waals surface area contributed by atoms with Gasteiger partial charge in [-0.1, -0.05) is 35.3 Å². The van der Waals surface area contributed by atoms with Crippen molar-refractivity contribution in [2.24, 2.45) is 0 Å². The number of hydrogen-bond donors (Lipinski definition) is 2. The molecule has 84 valence electrons. The van der Waals surface area contributed by atoms with Crippen molar-refractivity contribution in [3.8, 4) is 0 Å². The molecule has 0 unspecified atom stereocenters. The van der Waals surface area contributed by atoms with Gasteiger partial charge in [-0.2, -0.15) is 0 Å². The van der Waals surface area contributed by atoms with Gasteiger partial charge in [0.25, 0.3) is 0 Å². The van der Waals surface area contributed by atoms with Crippen molar-refractivity contribution in [3.05, 3.63) is 33.8 Å². The molecule has 2 nitrogen and oxygen atoms in total. The molecule has 15 heavy (non-hydrogen) atoms. The summed E-state index contributed by atoms with van der Waals surface area (Å²) in [5.41, 5.74) is 0.981. The summed E-state index contributed by atoms with van der Waals surface area (Å²) < 4.78 is 0. The summed E-state index contributed by atoms with van der Waals surface area (Å²) in [5, 5.41) is 13.2. The zero-order chi connectivity index (χ0) is 11.3. The highest BCUT2D eigenvalue weighted by Gasteiger charge is 2.05. The van der Waals surface area contributed by atoms with E-state index in [4.69, 9.17) is 28.3 Å². The first-order chi connectivity index (χ1) is 7.15. The van der Waals surface area contributed by atoms with Crippen molar-refractivity contribution in [3.63, 3.8) is 0 Å². The largest absolute Gasteiger partial charge is 0.396 e. The Morgan fingerprint density at radius 1 is 1.40 bits per heavy atom. The van der Waals surface area contributed by atoms with E-state index in [1.165, 1.54) is 0 Å². The Bertz CT molecular complexity index is 317. The van der Waals surface area contributed by atoms with Gasteiger partial charge in [0.1, 0.15) is 0 Å². The van der Waals surface area contributed by atoms with Gasteiger partial charge < -0.3 is 10.4 Å². The highest BCUT2D eigenvalue weighted by atomic mass is 35.5. The van der Waals surface area contributed by atoms with Crippen LogP contribution in [0.2, 0.25) is 10.0 Å². The summed E-state index contributed by atoms with van der Waals surface area (Å²) in [7, 11) is 0. The fourth-order valence-electron chi connectivity index (χ4n) is 1.26. The molecule has 0 heterocycles. The Kier molecular flexibility index (Phi) is 5.40. The molecule has 1 rings (SSSR count). The Labute approximate surface area is 100 Å². The van der Waals surface area contributed by atoms with Crippen LogP contribution in [0, 0.1) is 0 Å². The van der Waals surface area contributed by atoms with Crippen LogP contribution in [0.1, 0.15) is 18.9 Å². The van der Waals surface area contributed by atoms with Crippen LogP contribution in [0.5, 0.6) is 0 Å². The van der Waals surface area contributed by atoms with Crippen LogP contribution in [-0.2, 0) is 6.54 Å². The van der Waals surface area contributed by atoms with E-state index in [0.717, 1.165) is 12.0 Å². The molecule has 0 saturated heterocycles. The number of aliphatic hydroxyl groups excluding tert-OH is 1. The normalized spacial score (nSPS) is 12.8. The number of rotatable bonds is 5. The van der Waals surface area contributed by atoms with Crippen molar-refractivity contribution >= 4 is 23.2 Å². The van der Waals surface area contributed by atoms with Gasteiger partial charge in [-0.15, -0.1) is 0 Å². The predicted molar refractivity (Wildman–Crippen MR) is 64.5 cm³/mol. The minimum atomic E-state index is 0.192. The van der Waals surface area contributed by atoms with Crippen LogP contribution in [0.25, 0.3) is 0 Å². The summed E-state index contributed by atoms with van der Waals surface area (Å²) in [6, 6.07) is 5.85. The second-order valence-electron chi connectivity index (χ2n) is 3.51. The molecule has 0 aliphatic rings. The standard InChI is InChI=1S/C11H15Cl2NO/c1-8(5-6-15)14-7-9-3-2-4-10(12)11(9)13/h2-4,8,14-15H,5-7H2,1H3/t8-/m1/s1. The maximum atomic E-state index is 8.75. The molecule has 4 heteroatoms. The Balaban J connectivity index is 2.54. The molecule has 0 amide bonds. The first-order valence-corrected chi connectivity index (χ1v) is 5.68. The van der Waals surface area contributed by atoms with Gasteiger partial charge in [0.15, 0.2) is 0 Å². The molecule has 0 aliphatic carbocycles. The summed E-state index contributed by atoms with van der Waals surface area (Å²) in [5.74, 6) is 0. The highest BCUT2D eigenvalue weighted by Crippen LogP contribution is 2.25. The Morgan fingerprint density at radius 2 is 2.13 bits per heavy atom. The Hall–Kier alpha value is -0.280. The third-order valence-electron chi connectivity index (χ3n) is 2.23. The van der Waals surface area contributed by atoms with E-state index in [0.29, 0.717) is 16.6 Å². The van der Waals surface area contributed by atoms with Crippen LogP contribution in [0.4, 0.5) is 0 Å².